The molecule has 0 fully saturated rings. The Morgan fingerprint density at radius 3 is 2.79 bits per heavy atom. The summed E-state index contributed by atoms with van der Waals surface area (Å²) < 4.78 is 21.4. The topological polar surface area (TPSA) is 73.0 Å². The molecule has 6 nitrogen and oxygen atoms in total. The van der Waals surface area contributed by atoms with Crippen LogP contribution in [0.3, 0.4) is 0 Å². The summed E-state index contributed by atoms with van der Waals surface area (Å²) in [5, 5.41) is 12.5. The van der Waals surface area contributed by atoms with E-state index in [1.807, 2.05) is 34.9 Å². The number of rotatable bonds is 7. The molecule has 1 amide bonds. The predicted molar refractivity (Wildman–Crippen MR) is 111 cm³/mol. The summed E-state index contributed by atoms with van der Waals surface area (Å²) in [6.07, 6.45) is 1.72. The highest BCUT2D eigenvalue weighted by Gasteiger charge is 2.18. The first-order chi connectivity index (χ1) is 14.2. The Hall–Kier alpha value is -3.39. The van der Waals surface area contributed by atoms with Gasteiger partial charge in [0.05, 0.1) is 11.4 Å². The van der Waals surface area contributed by atoms with Crippen LogP contribution in [-0.2, 0) is 11.3 Å². The summed E-state index contributed by atoms with van der Waals surface area (Å²) in [4.78, 5) is 12.2. The van der Waals surface area contributed by atoms with E-state index in [0.717, 1.165) is 11.0 Å². The SMILES string of the molecule is C=CCn1c(SCC(=O)Nc2ccccc2F)nnc1-c1cc2ccccc2o1. The van der Waals surface area contributed by atoms with Crippen LogP contribution >= 0.6 is 11.8 Å². The minimum absolute atomic E-state index is 0.0593. The highest BCUT2D eigenvalue weighted by molar-refractivity contribution is 7.99. The van der Waals surface area contributed by atoms with Gasteiger partial charge in [-0.1, -0.05) is 48.2 Å². The van der Waals surface area contributed by atoms with Crippen molar-refractivity contribution in [3.05, 3.63) is 73.1 Å². The maximum Gasteiger partial charge on any atom is 0.234 e. The van der Waals surface area contributed by atoms with Gasteiger partial charge in [0.25, 0.3) is 0 Å². The molecule has 8 heteroatoms. The fourth-order valence-electron chi connectivity index (χ4n) is 2.84. The van der Waals surface area contributed by atoms with Gasteiger partial charge in [0.2, 0.25) is 11.7 Å². The average Bonchev–Trinajstić information content (AvgIpc) is 3.32. The Labute approximate surface area is 170 Å². The number of carbonyl (C=O) groups excluding carboxylic acids is 1. The quantitative estimate of drug-likeness (QED) is 0.353. The van der Waals surface area contributed by atoms with E-state index in [1.165, 1.54) is 23.9 Å². The minimum atomic E-state index is -0.479. The van der Waals surface area contributed by atoms with Crippen molar-refractivity contribution in [3.63, 3.8) is 0 Å². The maximum atomic E-state index is 13.7. The Bertz CT molecular complexity index is 1150. The number of thioether (sulfide) groups is 1. The lowest BCUT2D eigenvalue weighted by Gasteiger charge is -2.07. The summed E-state index contributed by atoms with van der Waals surface area (Å²) in [6, 6.07) is 15.6. The first kappa shape index (κ1) is 18.9. The van der Waals surface area contributed by atoms with Crippen molar-refractivity contribution in [1.82, 2.24) is 14.8 Å². The van der Waals surface area contributed by atoms with Crippen molar-refractivity contribution >= 4 is 34.3 Å². The number of hydrogen-bond donors (Lipinski definition) is 1. The van der Waals surface area contributed by atoms with Gasteiger partial charge in [-0.3, -0.25) is 9.36 Å². The van der Waals surface area contributed by atoms with Crippen molar-refractivity contribution in [1.29, 1.82) is 0 Å². The zero-order chi connectivity index (χ0) is 20.2. The molecule has 2 aromatic carbocycles. The lowest BCUT2D eigenvalue weighted by molar-refractivity contribution is -0.113. The van der Waals surface area contributed by atoms with Crippen molar-refractivity contribution in [3.8, 4) is 11.6 Å². The normalized spacial score (nSPS) is 10.9. The summed E-state index contributed by atoms with van der Waals surface area (Å²) in [5.41, 5.74) is 0.905. The average molecular weight is 408 g/mol. The molecule has 0 bridgehead atoms. The molecule has 0 aliphatic rings. The van der Waals surface area contributed by atoms with Crippen LogP contribution in [0.25, 0.3) is 22.6 Å². The second kappa shape index (κ2) is 8.32. The molecular formula is C21H17FN4O2S. The molecule has 0 atom stereocenters. The summed E-state index contributed by atoms with van der Waals surface area (Å²) in [6.45, 7) is 4.23. The van der Waals surface area contributed by atoms with E-state index in [2.05, 4.69) is 22.1 Å². The van der Waals surface area contributed by atoms with Crippen molar-refractivity contribution in [2.75, 3.05) is 11.1 Å². The zero-order valence-corrected chi connectivity index (χ0v) is 16.2. The number of aromatic nitrogens is 3. The number of nitrogens with one attached hydrogen (secondary N) is 1. The smallest absolute Gasteiger partial charge is 0.234 e. The van der Waals surface area contributed by atoms with Gasteiger partial charge in [-0.15, -0.1) is 16.8 Å². The number of benzene rings is 2. The van der Waals surface area contributed by atoms with E-state index < -0.39 is 5.82 Å². The number of allylic oxidation sites excluding steroid dienone is 1. The van der Waals surface area contributed by atoms with Crippen molar-refractivity contribution in [2.24, 2.45) is 0 Å². The molecule has 0 radical (unpaired) electrons. The molecule has 0 unspecified atom stereocenters. The van der Waals surface area contributed by atoms with Gasteiger partial charge in [-0.2, -0.15) is 0 Å². The highest BCUT2D eigenvalue weighted by atomic mass is 32.2. The van der Waals surface area contributed by atoms with Crippen LogP contribution in [0.4, 0.5) is 10.1 Å². The van der Waals surface area contributed by atoms with E-state index >= 15 is 0 Å². The third-order valence-electron chi connectivity index (χ3n) is 4.15. The van der Waals surface area contributed by atoms with Crippen molar-refractivity contribution < 1.29 is 13.6 Å². The minimum Gasteiger partial charge on any atom is -0.453 e. The number of halogens is 1. The van der Waals surface area contributed by atoms with Crippen LogP contribution in [0.5, 0.6) is 0 Å². The number of para-hydroxylation sites is 2. The monoisotopic (exact) mass is 408 g/mol. The third-order valence-corrected chi connectivity index (χ3v) is 5.12. The molecule has 4 aromatic rings. The molecule has 29 heavy (non-hydrogen) atoms. The largest absolute Gasteiger partial charge is 0.453 e. The second-order valence-corrected chi connectivity index (χ2v) is 7.11. The second-order valence-electron chi connectivity index (χ2n) is 6.17. The molecule has 4 rings (SSSR count). The van der Waals surface area contributed by atoms with E-state index in [1.54, 1.807) is 18.2 Å². The summed E-state index contributed by atoms with van der Waals surface area (Å²) in [5.74, 6) is 0.386. The molecule has 2 heterocycles. The van der Waals surface area contributed by atoms with Gasteiger partial charge in [0.15, 0.2) is 10.9 Å². The lowest BCUT2D eigenvalue weighted by Crippen LogP contribution is -2.15. The summed E-state index contributed by atoms with van der Waals surface area (Å²) >= 11 is 1.21. The van der Waals surface area contributed by atoms with Crippen LogP contribution < -0.4 is 5.32 Å². The van der Waals surface area contributed by atoms with Crippen LogP contribution in [0.2, 0.25) is 0 Å². The number of carbonyl (C=O) groups is 1. The summed E-state index contributed by atoms with van der Waals surface area (Å²) in [7, 11) is 0. The van der Waals surface area contributed by atoms with E-state index in [4.69, 9.17) is 4.42 Å². The number of fused-ring (bicyclic) bond motifs is 1. The first-order valence-electron chi connectivity index (χ1n) is 8.86. The van der Waals surface area contributed by atoms with E-state index in [0.29, 0.717) is 23.3 Å². The van der Waals surface area contributed by atoms with Gasteiger partial charge in [-0.05, 0) is 24.3 Å². The molecule has 0 saturated heterocycles. The highest BCUT2D eigenvalue weighted by Crippen LogP contribution is 2.29. The molecular weight excluding hydrogens is 391 g/mol. The van der Waals surface area contributed by atoms with Gasteiger partial charge < -0.3 is 9.73 Å². The number of nitrogens with zero attached hydrogens (tertiary/aromatic N) is 3. The molecule has 146 valence electrons. The van der Waals surface area contributed by atoms with Crippen LogP contribution in [0.1, 0.15) is 0 Å². The van der Waals surface area contributed by atoms with Gasteiger partial charge >= 0.3 is 0 Å². The number of anilines is 1. The van der Waals surface area contributed by atoms with E-state index in [9.17, 15) is 9.18 Å². The fraction of sp³-hybridized carbons (Fsp3) is 0.0952. The molecule has 1 N–H and O–H groups in total. The predicted octanol–water partition coefficient (Wildman–Crippen LogP) is 4.75. The molecule has 2 aromatic heterocycles. The Balaban J connectivity index is 1.53. The Morgan fingerprint density at radius 2 is 2.00 bits per heavy atom. The van der Waals surface area contributed by atoms with Crippen LogP contribution in [-0.4, -0.2) is 26.4 Å². The zero-order valence-electron chi connectivity index (χ0n) is 15.3. The lowest BCUT2D eigenvalue weighted by atomic mass is 10.2. The molecule has 0 aliphatic carbocycles. The van der Waals surface area contributed by atoms with Gasteiger partial charge in [0.1, 0.15) is 11.4 Å². The first-order valence-corrected chi connectivity index (χ1v) is 9.84. The standard InChI is InChI=1S/C21H17FN4O2S/c1-2-11-26-20(18-12-14-7-3-6-10-17(14)28-18)24-25-21(26)29-13-19(27)23-16-9-5-4-8-15(16)22/h2-10,12H,1,11,13H2,(H,23,27). The Morgan fingerprint density at radius 1 is 1.21 bits per heavy atom. The van der Waals surface area contributed by atoms with Crippen LogP contribution in [0.15, 0.2) is 76.8 Å². The van der Waals surface area contributed by atoms with E-state index in [-0.39, 0.29) is 17.3 Å². The molecule has 0 aliphatic heterocycles. The Kier molecular flexibility index (Phi) is 5.44. The van der Waals surface area contributed by atoms with Crippen LogP contribution in [0, 0.1) is 5.82 Å². The fourth-order valence-corrected chi connectivity index (χ4v) is 3.59. The number of furan rings is 1. The maximum absolute atomic E-state index is 13.7. The third kappa shape index (κ3) is 4.07. The van der Waals surface area contributed by atoms with Gasteiger partial charge in [0, 0.05) is 11.9 Å². The molecule has 0 spiro atoms. The van der Waals surface area contributed by atoms with Crippen molar-refractivity contribution in [2.45, 2.75) is 11.7 Å². The number of hydrogen-bond acceptors (Lipinski definition) is 5. The molecule has 0 saturated carbocycles. The van der Waals surface area contributed by atoms with Gasteiger partial charge in [-0.25, -0.2) is 4.39 Å². The number of amides is 1.